The first-order valence-corrected chi connectivity index (χ1v) is 7.51. The van der Waals surface area contributed by atoms with Crippen LogP contribution >= 0.6 is 0 Å². The van der Waals surface area contributed by atoms with Crippen LogP contribution in [0.15, 0.2) is 54.6 Å². The molecule has 1 aliphatic rings. The first-order valence-electron chi connectivity index (χ1n) is 7.51. The summed E-state index contributed by atoms with van der Waals surface area (Å²) in [7, 11) is 0. The highest BCUT2D eigenvalue weighted by Crippen LogP contribution is 2.41. The van der Waals surface area contributed by atoms with E-state index in [2.05, 4.69) is 5.32 Å². The van der Waals surface area contributed by atoms with Crippen LogP contribution in [0, 0.1) is 5.82 Å². The number of carbonyl (C=O) groups excluding carboxylic acids is 1. The fraction of sp³-hybridized carbons (Fsp3) is 0.278. The minimum atomic E-state index is -1.01. The van der Waals surface area contributed by atoms with Gasteiger partial charge in [-0.3, -0.25) is 0 Å². The molecule has 0 radical (unpaired) electrons. The Morgan fingerprint density at radius 3 is 2.48 bits per heavy atom. The maximum atomic E-state index is 12.9. The van der Waals surface area contributed by atoms with Crippen molar-refractivity contribution in [2.45, 2.75) is 31.1 Å². The zero-order valence-electron chi connectivity index (χ0n) is 12.5. The van der Waals surface area contributed by atoms with E-state index in [1.807, 2.05) is 30.3 Å². The molecule has 2 aromatic rings. The number of benzene rings is 2. The Morgan fingerprint density at radius 2 is 1.83 bits per heavy atom. The molecule has 1 saturated carbocycles. The van der Waals surface area contributed by atoms with Gasteiger partial charge in [-0.1, -0.05) is 42.5 Å². The topological polar surface area (TPSA) is 58.6 Å². The number of halogens is 1. The molecule has 2 aromatic carbocycles. The lowest BCUT2D eigenvalue weighted by Gasteiger charge is -2.43. The van der Waals surface area contributed by atoms with Gasteiger partial charge in [-0.15, -0.1) is 0 Å². The number of nitrogens with one attached hydrogen (secondary N) is 1. The van der Waals surface area contributed by atoms with Crippen molar-refractivity contribution < 1.29 is 19.0 Å². The molecule has 0 unspecified atom stereocenters. The van der Waals surface area contributed by atoms with Gasteiger partial charge in [0, 0.05) is 18.9 Å². The van der Waals surface area contributed by atoms with E-state index < -0.39 is 11.7 Å². The van der Waals surface area contributed by atoms with Gasteiger partial charge in [0.05, 0.1) is 5.60 Å². The first-order chi connectivity index (χ1) is 11.0. The summed E-state index contributed by atoms with van der Waals surface area (Å²) in [4.78, 5) is 11.7. The average molecular weight is 315 g/mol. The molecule has 0 atom stereocenters. The molecule has 0 aliphatic heterocycles. The van der Waals surface area contributed by atoms with Gasteiger partial charge >= 0.3 is 6.09 Å². The summed E-state index contributed by atoms with van der Waals surface area (Å²) in [5.41, 5.74) is 0.569. The summed E-state index contributed by atoms with van der Waals surface area (Å²) in [5, 5.41) is 13.2. The fourth-order valence-electron chi connectivity index (χ4n) is 2.78. The van der Waals surface area contributed by atoms with Gasteiger partial charge in [-0.25, -0.2) is 9.18 Å². The highest BCUT2D eigenvalue weighted by Gasteiger charge is 2.44. The maximum Gasteiger partial charge on any atom is 0.407 e. The SMILES string of the molecule is O=C(NC1CC(O)(c2ccc(F)cc2)C1)OCc1ccccc1. The molecule has 0 heterocycles. The highest BCUT2D eigenvalue weighted by atomic mass is 19.1. The Bertz CT molecular complexity index is 666. The van der Waals surface area contributed by atoms with E-state index in [-0.39, 0.29) is 18.5 Å². The molecule has 5 heteroatoms. The Hall–Kier alpha value is -2.40. The number of rotatable bonds is 4. The second kappa shape index (κ2) is 6.38. The monoisotopic (exact) mass is 315 g/mol. The lowest BCUT2D eigenvalue weighted by molar-refractivity contribution is -0.0609. The number of carbonyl (C=O) groups is 1. The second-order valence-electron chi connectivity index (χ2n) is 5.85. The van der Waals surface area contributed by atoms with E-state index in [1.54, 1.807) is 12.1 Å². The first kappa shape index (κ1) is 15.5. The Balaban J connectivity index is 1.46. The van der Waals surface area contributed by atoms with E-state index in [4.69, 9.17) is 4.74 Å². The van der Waals surface area contributed by atoms with Crippen molar-refractivity contribution in [3.63, 3.8) is 0 Å². The van der Waals surface area contributed by atoms with E-state index in [9.17, 15) is 14.3 Å². The van der Waals surface area contributed by atoms with Gasteiger partial charge < -0.3 is 15.2 Å². The number of amides is 1. The average Bonchev–Trinajstić information content (AvgIpc) is 2.53. The summed E-state index contributed by atoms with van der Waals surface area (Å²) in [6, 6.07) is 15.1. The van der Waals surface area contributed by atoms with Crippen molar-refractivity contribution in [3.05, 3.63) is 71.5 Å². The predicted molar refractivity (Wildman–Crippen MR) is 83.1 cm³/mol. The standard InChI is InChI=1S/C18H18FNO3/c19-15-8-6-14(7-9-15)18(22)10-16(11-18)20-17(21)23-12-13-4-2-1-3-5-13/h1-9,16,22H,10-12H2,(H,20,21). The van der Waals surface area contributed by atoms with E-state index >= 15 is 0 Å². The van der Waals surface area contributed by atoms with Crippen molar-refractivity contribution >= 4 is 6.09 Å². The fourth-order valence-corrected chi connectivity index (χ4v) is 2.78. The molecule has 120 valence electrons. The van der Waals surface area contributed by atoms with Crippen LogP contribution in [0.5, 0.6) is 0 Å². The molecule has 0 spiro atoms. The van der Waals surface area contributed by atoms with E-state index in [0.29, 0.717) is 18.4 Å². The van der Waals surface area contributed by atoms with Crippen molar-refractivity contribution in [3.8, 4) is 0 Å². The predicted octanol–water partition coefficient (Wildman–Crippen LogP) is 3.10. The van der Waals surface area contributed by atoms with Crippen LogP contribution in [0.25, 0.3) is 0 Å². The third-order valence-electron chi connectivity index (χ3n) is 4.08. The lowest BCUT2D eigenvalue weighted by atomic mass is 9.71. The quantitative estimate of drug-likeness (QED) is 0.911. The van der Waals surface area contributed by atoms with Gasteiger partial charge in [0.15, 0.2) is 0 Å². The number of ether oxygens (including phenoxy) is 1. The van der Waals surface area contributed by atoms with E-state index in [1.165, 1.54) is 12.1 Å². The van der Waals surface area contributed by atoms with Crippen LogP contribution in [-0.4, -0.2) is 17.2 Å². The van der Waals surface area contributed by atoms with Crippen LogP contribution in [0.1, 0.15) is 24.0 Å². The van der Waals surface area contributed by atoms with Crippen LogP contribution in [0.2, 0.25) is 0 Å². The summed E-state index contributed by atoms with van der Waals surface area (Å²) in [6.45, 7) is 0.210. The number of hydrogen-bond donors (Lipinski definition) is 2. The zero-order chi connectivity index (χ0) is 16.3. The Labute approximate surface area is 133 Å². The summed E-state index contributed by atoms with van der Waals surface area (Å²) < 4.78 is 18.1. The molecular weight excluding hydrogens is 297 g/mol. The smallest absolute Gasteiger partial charge is 0.407 e. The summed E-state index contributed by atoms with van der Waals surface area (Å²) >= 11 is 0. The van der Waals surface area contributed by atoms with Gasteiger partial charge in [-0.2, -0.15) is 0 Å². The zero-order valence-corrected chi connectivity index (χ0v) is 12.5. The molecule has 23 heavy (non-hydrogen) atoms. The van der Waals surface area contributed by atoms with Crippen LogP contribution in [0.4, 0.5) is 9.18 Å². The third kappa shape index (κ3) is 3.68. The van der Waals surface area contributed by atoms with Gasteiger partial charge in [0.2, 0.25) is 0 Å². The van der Waals surface area contributed by atoms with Gasteiger partial charge in [0.25, 0.3) is 0 Å². The third-order valence-corrected chi connectivity index (χ3v) is 4.08. The largest absolute Gasteiger partial charge is 0.445 e. The second-order valence-corrected chi connectivity index (χ2v) is 5.85. The normalized spacial score (nSPS) is 23.0. The van der Waals surface area contributed by atoms with E-state index in [0.717, 1.165) is 5.56 Å². The van der Waals surface area contributed by atoms with Gasteiger partial charge in [-0.05, 0) is 23.3 Å². The molecule has 4 nitrogen and oxygen atoms in total. The summed E-state index contributed by atoms with van der Waals surface area (Å²) in [6.07, 6.45) is 0.276. The van der Waals surface area contributed by atoms with Crippen LogP contribution in [-0.2, 0) is 16.9 Å². The Kier molecular flexibility index (Phi) is 4.30. The van der Waals surface area contributed by atoms with Crippen molar-refractivity contribution in [1.82, 2.24) is 5.32 Å². The molecular formula is C18H18FNO3. The Morgan fingerprint density at radius 1 is 1.17 bits per heavy atom. The van der Waals surface area contributed by atoms with Crippen molar-refractivity contribution in [2.24, 2.45) is 0 Å². The molecule has 0 saturated heterocycles. The minimum Gasteiger partial charge on any atom is -0.445 e. The van der Waals surface area contributed by atoms with Crippen LogP contribution < -0.4 is 5.32 Å². The molecule has 1 fully saturated rings. The molecule has 3 rings (SSSR count). The molecule has 1 aliphatic carbocycles. The minimum absolute atomic E-state index is 0.145. The molecule has 0 aromatic heterocycles. The van der Waals surface area contributed by atoms with Crippen molar-refractivity contribution in [1.29, 1.82) is 0 Å². The van der Waals surface area contributed by atoms with Crippen molar-refractivity contribution in [2.75, 3.05) is 0 Å². The molecule has 2 N–H and O–H groups in total. The highest BCUT2D eigenvalue weighted by molar-refractivity contribution is 5.67. The molecule has 0 bridgehead atoms. The summed E-state index contributed by atoms with van der Waals surface area (Å²) in [5.74, 6) is -0.337. The van der Waals surface area contributed by atoms with Crippen LogP contribution in [0.3, 0.4) is 0 Å². The number of aliphatic hydroxyl groups is 1. The lowest BCUT2D eigenvalue weighted by Crippen LogP contribution is -2.53. The molecule has 1 amide bonds. The number of alkyl carbamates (subject to hydrolysis) is 1. The van der Waals surface area contributed by atoms with Gasteiger partial charge in [0.1, 0.15) is 12.4 Å². The number of hydrogen-bond acceptors (Lipinski definition) is 3. The maximum absolute atomic E-state index is 12.9.